The van der Waals surface area contributed by atoms with Crippen molar-refractivity contribution in [3.8, 4) is 17.2 Å². The molecule has 0 amide bonds. The van der Waals surface area contributed by atoms with Crippen molar-refractivity contribution in [1.82, 2.24) is 4.83 Å². The van der Waals surface area contributed by atoms with Gasteiger partial charge in [0.1, 0.15) is 5.75 Å². The normalized spacial score (nSPS) is 11.4. The Kier molecular flexibility index (Phi) is 7.48. The summed E-state index contributed by atoms with van der Waals surface area (Å²) in [5.74, 6) is 1.80. The second-order valence-corrected chi connectivity index (χ2v) is 7.18. The molecule has 0 aromatic heterocycles. The van der Waals surface area contributed by atoms with Crippen LogP contribution in [0.2, 0.25) is 0 Å². The van der Waals surface area contributed by atoms with Crippen molar-refractivity contribution in [3.63, 3.8) is 0 Å². The van der Waals surface area contributed by atoms with E-state index in [4.69, 9.17) is 14.2 Å². The van der Waals surface area contributed by atoms with E-state index in [1.165, 1.54) is 18.3 Å². The molecule has 0 fully saturated rings. The Morgan fingerprint density at radius 3 is 2.41 bits per heavy atom. The number of benzene rings is 2. The highest BCUT2D eigenvalue weighted by atomic mass is 32.2. The zero-order valence-electron chi connectivity index (χ0n) is 15.6. The van der Waals surface area contributed by atoms with Gasteiger partial charge >= 0.3 is 0 Å². The van der Waals surface area contributed by atoms with Gasteiger partial charge in [-0.25, -0.2) is 4.83 Å². The van der Waals surface area contributed by atoms with E-state index in [0.717, 1.165) is 6.42 Å². The fourth-order valence-corrected chi connectivity index (χ4v) is 2.99. The monoisotopic (exact) mass is 392 g/mol. The molecule has 0 spiro atoms. The lowest BCUT2D eigenvalue weighted by molar-refractivity contribution is 0.294. The highest BCUT2D eigenvalue weighted by Gasteiger charge is 2.12. The van der Waals surface area contributed by atoms with Crippen molar-refractivity contribution < 1.29 is 22.6 Å². The predicted molar refractivity (Wildman–Crippen MR) is 104 cm³/mol. The van der Waals surface area contributed by atoms with Crippen LogP contribution >= 0.6 is 0 Å². The van der Waals surface area contributed by atoms with E-state index in [1.807, 2.05) is 13.8 Å². The lowest BCUT2D eigenvalue weighted by atomic mass is 10.2. The smallest absolute Gasteiger partial charge is 0.276 e. The second-order valence-electron chi connectivity index (χ2n) is 5.52. The summed E-state index contributed by atoms with van der Waals surface area (Å²) < 4.78 is 40.7. The Morgan fingerprint density at radius 1 is 1.04 bits per heavy atom. The molecular formula is C19H24N2O5S. The van der Waals surface area contributed by atoms with Gasteiger partial charge in [0.05, 0.1) is 31.4 Å². The van der Waals surface area contributed by atoms with Crippen LogP contribution in [0.3, 0.4) is 0 Å². The summed E-state index contributed by atoms with van der Waals surface area (Å²) in [5.41, 5.74) is 0.671. The van der Waals surface area contributed by atoms with Crippen molar-refractivity contribution in [2.24, 2.45) is 5.10 Å². The molecule has 0 unspecified atom stereocenters. The Labute approximate surface area is 160 Å². The zero-order valence-corrected chi connectivity index (χ0v) is 16.5. The first-order chi connectivity index (χ1) is 13.0. The molecule has 2 aromatic rings. The first-order valence-corrected chi connectivity index (χ1v) is 10.1. The van der Waals surface area contributed by atoms with Gasteiger partial charge in [-0.15, -0.1) is 0 Å². The average molecular weight is 392 g/mol. The first-order valence-electron chi connectivity index (χ1n) is 8.58. The van der Waals surface area contributed by atoms with Crippen molar-refractivity contribution >= 4 is 16.2 Å². The van der Waals surface area contributed by atoms with Gasteiger partial charge in [0, 0.05) is 0 Å². The van der Waals surface area contributed by atoms with Gasteiger partial charge in [-0.05, 0) is 61.4 Å². The summed E-state index contributed by atoms with van der Waals surface area (Å²) in [6.45, 7) is 4.98. The van der Waals surface area contributed by atoms with E-state index in [1.54, 1.807) is 37.4 Å². The summed E-state index contributed by atoms with van der Waals surface area (Å²) in [6, 6.07) is 11.4. The largest absolute Gasteiger partial charge is 0.494 e. The Morgan fingerprint density at radius 2 is 1.78 bits per heavy atom. The number of rotatable bonds is 10. The minimum atomic E-state index is -3.76. The van der Waals surface area contributed by atoms with Gasteiger partial charge in [-0.1, -0.05) is 6.92 Å². The summed E-state index contributed by atoms with van der Waals surface area (Å²) in [7, 11) is -2.21. The number of hydrazone groups is 1. The van der Waals surface area contributed by atoms with Crippen LogP contribution in [-0.2, 0) is 10.0 Å². The quantitative estimate of drug-likeness (QED) is 0.496. The van der Waals surface area contributed by atoms with Crippen LogP contribution in [-0.4, -0.2) is 35.0 Å². The molecule has 0 radical (unpaired) electrons. The third kappa shape index (κ3) is 5.89. The molecule has 1 N–H and O–H groups in total. The minimum absolute atomic E-state index is 0.101. The molecule has 0 aliphatic rings. The third-order valence-electron chi connectivity index (χ3n) is 3.48. The molecular weight excluding hydrogens is 368 g/mol. The van der Waals surface area contributed by atoms with E-state index in [9.17, 15) is 8.42 Å². The molecule has 27 heavy (non-hydrogen) atoms. The maximum Gasteiger partial charge on any atom is 0.276 e. The van der Waals surface area contributed by atoms with Crippen LogP contribution in [0.5, 0.6) is 17.2 Å². The molecule has 0 saturated carbocycles. The van der Waals surface area contributed by atoms with Crippen molar-refractivity contribution in [3.05, 3.63) is 48.0 Å². The number of hydrogen-bond donors (Lipinski definition) is 1. The summed E-state index contributed by atoms with van der Waals surface area (Å²) >= 11 is 0. The molecule has 0 heterocycles. The minimum Gasteiger partial charge on any atom is -0.494 e. The molecule has 0 saturated heterocycles. The number of methoxy groups -OCH3 is 1. The Balaban J connectivity index is 2.07. The van der Waals surface area contributed by atoms with E-state index < -0.39 is 10.0 Å². The molecule has 0 bridgehead atoms. The molecule has 8 heteroatoms. The van der Waals surface area contributed by atoms with Crippen LogP contribution in [0.1, 0.15) is 25.8 Å². The molecule has 0 aliphatic heterocycles. The predicted octanol–water partition coefficient (Wildman–Crippen LogP) is 3.20. The number of nitrogens with one attached hydrogen (secondary N) is 1. The third-order valence-corrected chi connectivity index (χ3v) is 4.72. The van der Waals surface area contributed by atoms with Gasteiger partial charge in [0.15, 0.2) is 11.5 Å². The van der Waals surface area contributed by atoms with Crippen LogP contribution in [0, 0.1) is 0 Å². The summed E-state index contributed by atoms with van der Waals surface area (Å²) in [5, 5.41) is 3.83. The summed E-state index contributed by atoms with van der Waals surface area (Å²) in [6.07, 6.45) is 2.29. The second kappa shape index (κ2) is 9.82. The van der Waals surface area contributed by atoms with Gasteiger partial charge in [0.2, 0.25) is 0 Å². The van der Waals surface area contributed by atoms with E-state index in [0.29, 0.717) is 36.0 Å². The standard InChI is InChI=1S/C19H24N2O5S/c1-4-12-26-18-11-6-15(13-19(18)24-3)14-20-21-27(22,23)17-9-7-16(8-10-17)25-5-2/h6-11,13-14,21H,4-5,12H2,1-3H3/b20-14+. The SMILES string of the molecule is CCCOc1ccc(/C=N/NS(=O)(=O)c2ccc(OCC)cc2)cc1OC. The van der Waals surface area contributed by atoms with Crippen molar-refractivity contribution in [1.29, 1.82) is 0 Å². The van der Waals surface area contributed by atoms with Crippen LogP contribution < -0.4 is 19.0 Å². The molecule has 7 nitrogen and oxygen atoms in total. The number of sulfonamides is 1. The molecule has 0 aliphatic carbocycles. The number of hydrogen-bond acceptors (Lipinski definition) is 6. The van der Waals surface area contributed by atoms with Crippen LogP contribution in [0.15, 0.2) is 52.5 Å². The van der Waals surface area contributed by atoms with E-state index in [-0.39, 0.29) is 4.90 Å². The Bertz CT molecular complexity index is 864. The van der Waals surface area contributed by atoms with Crippen molar-refractivity contribution in [2.45, 2.75) is 25.2 Å². The average Bonchev–Trinajstić information content (AvgIpc) is 2.67. The molecule has 2 aromatic carbocycles. The van der Waals surface area contributed by atoms with Gasteiger partial charge < -0.3 is 14.2 Å². The molecule has 0 atom stereocenters. The highest BCUT2D eigenvalue weighted by Crippen LogP contribution is 2.27. The lowest BCUT2D eigenvalue weighted by Gasteiger charge is -2.10. The van der Waals surface area contributed by atoms with Crippen LogP contribution in [0.4, 0.5) is 0 Å². The molecule has 146 valence electrons. The number of ether oxygens (including phenoxy) is 3. The van der Waals surface area contributed by atoms with Gasteiger partial charge in [0.25, 0.3) is 10.0 Å². The molecule has 2 rings (SSSR count). The van der Waals surface area contributed by atoms with Gasteiger partial charge in [-0.3, -0.25) is 0 Å². The fourth-order valence-electron chi connectivity index (χ4n) is 2.20. The zero-order chi connectivity index (χ0) is 19.7. The van der Waals surface area contributed by atoms with Crippen LogP contribution in [0.25, 0.3) is 0 Å². The van der Waals surface area contributed by atoms with Gasteiger partial charge in [-0.2, -0.15) is 13.5 Å². The fraction of sp³-hybridized carbons (Fsp3) is 0.316. The lowest BCUT2D eigenvalue weighted by Crippen LogP contribution is -2.18. The Hall–Kier alpha value is -2.74. The highest BCUT2D eigenvalue weighted by molar-refractivity contribution is 7.89. The first kappa shape index (κ1) is 20.6. The summed E-state index contributed by atoms with van der Waals surface area (Å²) in [4.78, 5) is 2.29. The van der Waals surface area contributed by atoms with E-state index in [2.05, 4.69) is 9.93 Å². The topological polar surface area (TPSA) is 86.2 Å². The maximum atomic E-state index is 12.3. The van der Waals surface area contributed by atoms with Crippen molar-refractivity contribution in [2.75, 3.05) is 20.3 Å². The maximum absolute atomic E-state index is 12.3. The van der Waals surface area contributed by atoms with E-state index >= 15 is 0 Å². The number of nitrogens with zero attached hydrogens (tertiary/aromatic N) is 1.